The lowest BCUT2D eigenvalue weighted by molar-refractivity contribution is 0.0526. The molecule has 0 bridgehead atoms. The van der Waals surface area contributed by atoms with E-state index in [-0.39, 0.29) is 12.7 Å². The van der Waals surface area contributed by atoms with Crippen LogP contribution in [0, 0.1) is 11.2 Å². The summed E-state index contributed by atoms with van der Waals surface area (Å²) in [4.78, 5) is 13.8. The van der Waals surface area contributed by atoms with E-state index in [9.17, 15) is 4.79 Å². The third-order valence-corrected chi connectivity index (χ3v) is 3.42. The van der Waals surface area contributed by atoms with E-state index in [0.717, 1.165) is 31.4 Å². The Morgan fingerprint density at radius 1 is 1.37 bits per heavy atom. The number of ether oxygens (including phenoxy) is 1. The Hall–Kier alpha value is -1.96. The van der Waals surface area contributed by atoms with Crippen molar-refractivity contribution in [1.82, 2.24) is 0 Å². The molecule has 1 fully saturated rings. The monoisotopic (exact) mass is 256 g/mol. The minimum Gasteiger partial charge on any atom is -0.462 e. The molecular formula is C14H17BN2O2. The molecule has 0 aliphatic carbocycles. The fourth-order valence-electron chi connectivity index (χ4n) is 2.29. The average molecular weight is 256 g/mol. The first kappa shape index (κ1) is 13.5. The predicted molar refractivity (Wildman–Crippen MR) is 75.6 cm³/mol. The quantitative estimate of drug-likeness (QED) is 0.614. The molecule has 1 aliphatic heterocycles. The van der Waals surface area contributed by atoms with Crippen LogP contribution in [0.15, 0.2) is 24.3 Å². The third kappa shape index (κ3) is 3.28. The summed E-state index contributed by atoms with van der Waals surface area (Å²) in [5, 5.41) is 8.88. The smallest absolute Gasteiger partial charge is 0.338 e. The van der Waals surface area contributed by atoms with E-state index in [0.29, 0.717) is 12.2 Å². The molecule has 5 heteroatoms. The topological polar surface area (TPSA) is 53.3 Å². The van der Waals surface area contributed by atoms with Gasteiger partial charge in [-0.3, -0.25) is 0 Å². The molecule has 4 nitrogen and oxygen atoms in total. The number of nitriles is 1. The van der Waals surface area contributed by atoms with Crippen LogP contribution in [-0.4, -0.2) is 32.4 Å². The zero-order chi connectivity index (χ0) is 13.7. The Morgan fingerprint density at radius 3 is 2.53 bits per heavy atom. The van der Waals surface area contributed by atoms with Gasteiger partial charge in [-0.25, -0.2) is 10.1 Å². The molecule has 0 unspecified atom stereocenters. The lowest BCUT2D eigenvalue weighted by Gasteiger charge is -2.30. The summed E-state index contributed by atoms with van der Waals surface area (Å²) < 4.78 is 4.95. The fraction of sp³-hybridized carbons (Fsp3) is 0.429. The lowest BCUT2D eigenvalue weighted by atomic mass is 9.45. The van der Waals surface area contributed by atoms with Gasteiger partial charge in [0.25, 0.3) is 6.71 Å². The summed E-state index contributed by atoms with van der Waals surface area (Å²) in [6.07, 6.45) is 1.83. The van der Waals surface area contributed by atoms with Crippen molar-refractivity contribution in [3.05, 3.63) is 29.8 Å². The summed E-state index contributed by atoms with van der Waals surface area (Å²) >= 11 is 0. The molecule has 0 saturated carbocycles. The van der Waals surface area contributed by atoms with Crippen molar-refractivity contribution in [1.29, 1.82) is 5.26 Å². The van der Waals surface area contributed by atoms with Crippen LogP contribution in [0.2, 0.25) is 12.6 Å². The second-order valence-electron chi connectivity index (χ2n) is 4.66. The first-order valence-electron chi connectivity index (χ1n) is 6.66. The van der Waals surface area contributed by atoms with Crippen molar-refractivity contribution in [3.8, 4) is 5.97 Å². The summed E-state index contributed by atoms with van der Waals surface area (Å²) in [5.41, 5.74) is 1.68. The van der Waals surface area contributed by atoms with Gasteiger partial charge in [-0.1, -0.05) is 0 Å². The Labute approximate surface area is 114 Å². The van der Waals surface area contributed by atoms with Crippen LogP contribution in [0.3, 0.4) is 0 Å². The zero-order valence-corrected chi connectivity index (χ0v) is 11.1. The first-order valence-corrected chi connectivity index (χ1v) is 6.66. The highest BCUT2D eigenvalue weighted by Gasteiger charge is 2.22. The molecule has 1 heterocycles. The highest BCUT2D eigenvalue weighted by Crippen LogP contribution is 2.21. The number of carbonyl (C=O) groups is 1. The number of hydrogen-bond acceptors (Lipinski definition) is 4. The number of carbonyl (C=O) groups excluding carboxylic acids is 1. The van der Waals surface area contributed by atoms with Crippen molar-refractivity contribution in [2.75, 3.05) is 24.6 Å². The van der Waals surface area contributed by atoms with Gasteiger partial charge < -0.3 is 9.64 Å². The Balaban J connectivity index is 1.99. The molecule has 0 atom stereocenters. The summed E-state index contributed by atoms with van der Waals surface area (Å²) in [6, 6.07) is 7.48. The number of anilines is 1. The molecule has 19 heavy (non-hydrogen) atoms. The van der Waals surface area contributed by atoms with E-state index in [4.69, 9.17) is 10.00 Å². The number of esters is 1. The van der Waals surface area contributed by atoms with Crippen LogP contribution >= 0.6 is 0 Å². The van der Waals surface area contributed by atoms with Gasteiger partial charge in [0.2, 0.25) is 0 Å². The summed E-state index contributed by atoms with van der Waals surface area (Å²) in [5.74, 6) is 2.05. The number of benzene rings is 1. The van der Waals surface area contributed by atoms with Gasteiger partial charge in [0.1, 0.15) is 0 Å². The third-order valence-electron chi connectivity index (χ3n) is 3.42. The SMILES string of the molecule is CCOC(=O)c1ccc(N2CCB(C#N)CC2)cc1. The van der Waals surface area contributed by atoms with Crippen molar-refractivity contribution >= 4 is 18.4 Å². The Morgan fingerprint density at radius 2 is 2.00 bits per heavy atom. The van der Waals surface area contributed by atoms with E-state index in [1.54, 1.807) is 19.1 Å². The van der Waals surface area contributed by atoms with Crippen LogP contribution in [0.4, 0.5) is 5.69 Å². The van der Waals surface area contributed by atoms with Crippen molar-refractivity contribution in [3.63, 3.8) is 0 Å². The highest BCUT2D eigenvalue weighted by molar-refractivity contribution is 6.67. The molecule has 1 aromatic carbocycles. The molecular weight excluding hydrogens is 239 g/mol. The molecule has 0 amide bonds. The molecule has 2 rings (SSSR count). The normalized spacial score (nSPS) is 14.9. The van der Waals surface area contributed by atoms with E-state index in [2.05, 4.69) is 10.9 Å². The number of hydrogen-bond donors (Lipinski definition) is 0. The van der Waals surface area contributed by atoms with Crippen LogP contribution in [0.25, 0.3) is 0 Å². The average Bonchev–Trinajstić information content (AvgIpc) is 2.48. The van der Waals surface area contributed by atoms with E-state index >= 15 is 0 Å². The maximum Gasteiger partial charge on any atom is 0.338 e. The molecule has 1 saturated heterocycles. The first-order chi connectivity index (χ1) is 9.24. The molecule has 98 valence electrons. The molecule has 0 radical (unpaired) electrons. The van der Waals surface area contributed by atoms with Gasteiger partial charge in [0, 0.05) is 24.7 Å². The second-order valence-corrected chi connectivity index (χ2v) is 4.66. The fourth-order valence-corrected chi connectivity index (χ4v) is 2.29. The molecule has 0 aromatic heterocycles. The van der Waals surface area contributed by atoms with Crippen molar-refractivity contribution in [2.24, 2.45) is 0 Å². The molecule has 1 aromatic rings. The zero-order valence-electron chi connectivity index (χ0n) is 11.1. The van der Waals surface area contributed by atoms with Gasteiger partial charge in [-0.2, -0.15) is 0 Å². The maximum atomic E-state index is 11.5. The van der Waals surface area contributed by atoms with E-state index < -0.39 is 0 Å². The Bertz CT molecular complexity index is 473. The predicted octanol–water partition coefficient (Wildman–Crippen LogP) is 2.24. The van der Waals surface area contributed by atoms with Crippen LogP contribution in [0.5, 0.6) is 0 Å². The lowest BCUT2D eigenvalue weighted by Crippen LogP contribution is -2.36. The standard InChI is InChI=1S/C14H17BN2O2/c1-2-19-14(18)12-3-5-13(6-4-12)17-9-7-15(11-16)8-10-17/h3-6H,2,7-10H2,1H3. The summed E-state index contributed by atoms with van der Waals surface area (Å²) in [7, 11) is 0. The largest absolute Gasteiger partial charge is 0.462 e. The van der Waals surface area contributed by atoms with Gasteiger partial charge >= 0.3 is 5.97 Å². The minimum atomic E-state index is -0.280. The number of nitrogens with zero attached hydrogens (tertiary/aromatic N) is 2. The van der Waals surface area contributed by atoms with Gasteiger partial charge in [-0.05, 0) is 43.8 Å². The molecule has 0 spiro atoms. The maximum absolute atomic E-state index is 11.5. The molecule has 1 aliphatic rings. The van der Waals surface area contributed by atoms with Gasteiger partial charge in [0.15, 0.2) is 0 Å². The van der Waals surface area contributed by atoms with E-state index in [1.165, 1.54) is 0 Å². The molecule has 0 N–H and O–H groups in total. The van der Waals surface area contributed by atoms with Gasteiger partial charge in [-0.15, -0.1) is 0 Å². The van der Waals surface area contributed by atoms with Crippen LogP contribution in [0.1, 0.15) is 17.3 Å². The van der Waals surface area contributed by atoms with Crippen LogP contribution < -0.4 is 4.90 Å². The second kappa shape index (κ2) is 6.28. The van der Waals surface area contributed by atoms with E-state index in [1.807, 2.05) is 12.1 Å². The van der Waals surface area contributed by atoms with Crippen LogP contribution in [-0.2, 0) is 4.74 Å². The number of rotatable bonds is 3. The summed E-state index contributed by atoms with van der Waals surface area (Å²) in [6.45, 7) is 4.18. The van der Waals surface area contributed by atoms with Gasteiger partial charge in [0.05, 0.1) is 12.2 Å². The highest BCUT2D eigenvalue weighted by atomic mass is 16.5. The van der Waals surface area contributed by atoms with Crippen molar-refractivity contribution in [2.45, 2.75) is 19.6 Å². The minimum absolute atomic E-state index is 0.190. The Kier molecular flexibility index (Phi) is 4.46. The van der Waals surface area contributed by atoms with Crippen molar-refractivity contribution < 1.29 is 9.53 Å².